The number of hydrogen-bond acceptors (Lipinski definition) is 5. The van der Waals surface area contributed by atoms with Gasteiger partial charge in [0.1, 0.15) is 6.54 Å². The number of nitrogens with zero attached hydrogens (tertiary/aromatic N) is 1. The molecule has 1 aromatic rings. The van der Waals surface area contributed by atoms with Gasteiger partial charge >= 0.3 is 5.97 Å². The number of rotatable bonds is 6. The zero-order chi connectivity index (χ0) is 18.5. The summed E-state index contributed by atoms with van der Waals surface area (Å²) in [6, 6.07) is 9.33. The molecule has 2 aliphatic rings. The van der Waals surface area contributed by atoms with Crippen LogP contribution in [0.1, 0.15) is 18.4 Å². The maximum Gasteiger partial charge on any atom is 0.326 e. The van der Waals surface area contributed by atoms with Crippen molar-refractivity contribution in [3.05, 3.63) is 48.0 Å². The third kappa shape index (κ3) is 3.99. The highest BCUT2D eigenvalue weighted by Crippen LogP contribution is 2.34. The smallest absolute Gasteiger partial charge is 0.326 e. The minimum atomic E-state index is -0.770. The molecular formula is C19H20N2O5. The Labute approximate surface area is 151 Å². The number of fused-ring (bicyclic) bond motifs is 1. The minimum absolute atomic E-state index is 0.330. The molecule has 0 unspecified atom stereocenters. The molecule has 0 radical (unpaired) electrons. The summed E-state index contributed by atoms with van der Waals surface area (Å²) in [6.45, 7) is -0.566. The lowest BCUT2D eigenvalue weighted by Gasteiger charge is -2.14. The molecule has 7 nitrogen and oxygen atoms in total. The number of nitrogens with one attached hydrogen (secondary N) is 1. The van der Waals surface area contributed by atoms with E-state index in [1.807, 2.05) is 42.5 Å². The minimum Gasteiger partial charge on any atom is -0.454 e. The average molecular weight is 356 g/mol. The van der Waals surface area contributed by atoms with Crippen molar-refractivity contribution in [2.75, 3.05) is 13.2 Å². The molecule has 1 aliphatic carbocycles. The average Bonchev–Trinajstić information content (AvgIpc) is 2.91. The third-order valence-electron chi connectivity index (χ3n) is 4.58. The van der Waals surface area contributed by atoms with Crippen molar-refractivity contribution < 1.29 is 23.9 Å². The van der Waals surface area contributed by atoms with E-state index in [0.717, 1.165) is 10.5 Å². The molecule has 0 aromatic heterocycles. The highest BCUT2D eigenvalue weighted by molar-refractivity contribution is 6.07. The predicted octanol–water partition coefficient (Wildman–Crippen LogP) is 0.797. The van der Waals surface area contributed by atoms with Crippen molar-refractivity contribution in [2.45, 2.75) is 19.4 Å². The first-order valence-corrected chi connectivity index (χ1v) is 8.52. The highest BCUT2D eigenvalue weighted by atomic mass is 16.5. The van der Waals surface area contributed by atoms with Gasteiger partial charge in [-0.15, -0.1) is 0 Å². The molecule has 136 valence electrons. The molecule has 1 aliphatic heterocycles. The van der Waals surface area contributed by atoms with Gasteiger partial charge in [-0.1, -0.05) is 42.5 Å². The summed E-state index contributed by atoms with van der Waals surface area (Å²) < 4.78 is 4.89. The lowest BCUT2D eigenvalue weighted by Crippen LogP contribution is -2.38. The quantitative estimate of drug-likeness (QED) is 0.462. The molecule has 1 heterocycles. The van der Waals surface area contributed by atoms with Crippen molar-refractivity contribution in [2.24, 2.45) is 11.8 Å². The summed E-state index contributed by atoms with van der Waals surface area (Å²) in [5.74, 6) is -2.65. The number of benzene rings is 1. The van der Waals surface area contributed by atoms with Crippen LogP contribution in [-0.4, -0.2) is 41.7 Å². The molecule has 1 N–H and O–H groups in total. The first-order valence-electron chi connectivity index (χ1n) is 8.52. The van der Waals surface area contributed by atoms with E-state index in [0.29, 0.717) is 19.4 Å². The molecule has 2 atom stereocenters. The largest absolute Gasteiger partial charge is 0.454 e. The monoisotopic (exact) mass is 356 g/mol. The first kappa shape index (κ1) is 17.8. The molecule has 1 fully saturated rings. The zero-order valence-corrected chi connectivity index (χ0v) is 14.2. The first-order chi connectivity index (χ1) is 12.6. The number of likely N-dealkylation sites (tertiary alicyclic amines) is 1. The molecule has 0 saturated carbocycles. The summed E-state index contributed by atoms with van der Waals surface area (Å²) in [6.07, 6.45) is 4.79. The van der Waals surface area contributed by atoms with Gasteiger partial charge in [0.25, 0.3) is 5.91 Å². The SMILES string of the molecule is O=C(COC(=O)CN1C(=O)[C@H]2CC=CC[C@H]2C1=O)NCc1ccccc1. The van der Waals surface area contributed by atoms with Crippen molar-refractivity contribution in [1.29, 1.82) is 0 Å². The number of esters is 1. The van der Waals surface area contributed by atoms with Crippen LogP contribution in [0.2, 0.25) is 0 Å². The van der Waals surface area contributed by atoms with Crippen LogP contribution >= 0.6 is 0 Å². The zero-order valence-electron chi connectivity index (χ0n) is 14.2. The summed E-state index contributed by atoms with van der Waals surface area (Å²) in [5, 5.41) is 2.63. The number of carbonyl (C=O) groups excluding carboxylic acids is 4. The van der Waals surface area contributed by atoms with E-state index in [1.54, 1.807) is 0 Å². The van der Waals surface area contributed by atoms with Gasteiger partial charge in [0.2, 0.25) is 11.8 Å². The molecule has 1 saturated heterocycles. The fraction of sp³-hybridized carbons (Fsp3) is 0.368. The molecule has 0 bridgehead atoms. The van der Waals surface area contributed by atoms with E-state index in [2.05, 4.69) is 5.32 Å². The van der Waals surface area contributed by atoms with Crippen molar-refractivity contribution >= 4 is 23.7 Å². The van der Waals surface area contributed by atoms with E-state index in [9.17, 15) is 19.2 Å². The number of amides is 3. The lowest BCUT2D eigenvalue weighted by molar-refractivity contribution is -0.154. The van der Waals surface area contributed by atoms with Crippen LogP contribution in [-0.2, 0) is 30.5 Å². The van der Waals surface area contributed by atoms with Gasteiger partial charge in [-0.3, -0.25) is 24.1 Å². The Morgan fingerprint density at radius 2 is 1.65 bits per heavy atom. The van der Waals surface area contributed by atoms with Crippen LogP contribution in [0.5, 0.6) is 0 Å². The maximum absolute atomic E-state index is 12.3. The standard InChI is InChI=1S/C19H20N2O5/c22-16(20-10-13-6-2-1-3-7-13)12-26-17(23)11-21-18(24)14-8-4-5-9-15(14)19(21)25/h1-7,14-15H,8-12H2,(H,20,22)/t14-,15+. The van der Waals surface area contributed by atoms with Crippen LogP contribution in [0.4, 0.5) is 0 Å². The van der Waals surface area contributed by atoms with Gasteiger partial charge < -0.3 is 10.1 Å². The fourth-order valence-corrected chi connectivity index (χ4v) is 3.19. The second-order valence-electron chi connectivity index (χ2n) is 6.34. The van der Waals surface area contributed by atoms with E-state index >= 15 is 0 Å². The van der Waals surface area contributed by atoms with Crippen LogP contribution in [0.15, 0.2) is 42.5 Å². The Hall–Kier alpha value is -2.96. The van der Waals surface area contributed by atoms with Crippen LogP contribution in [0, 0.1) is 11.8 Å². The highest BCUT2D eigenvalue weighted by Gasteiger charge is 2.47. The van der Waals surface area contributed by atoms with Crippen LogP contribution < -0.4 is 5.32 Å². The second-order valence-corrected chi connectivity index (χ2v) is 6.34. The van der Waals surface area contributed by atoms with E-state index in [-0.39, 0.29) is 23.7 Å². The molecule has 26 heavy (non-hydrogen) atoms. The molecule has 7 heteroatoms. The molecule has 0 spiro atoms. The van der Waals surface area contributed by atoms with Gasteiger partial charge in [-0.05, 0) is 18.4 Å². The van der Waals surface area contributed by atoms with Gasteiger partial charge in [0.05, 0.1) is 11.8 Å². The van der Waals surface area contributed by atoms with Crippen molar-refractivity contribution in [3.8, 4) is 0 Å². The Morgan fingerprint density at radius 1 is 1.04 bits per heavy atom. The van der Waals surface area contributed by atoms with Gasteiger partial charge in [-0.25, -0.2) is 0 Å². The fourth-order valence-electron chi connectivity index (χ4n) is 3.19. The summed E-state index contributed by atoms with van der Waals surface area (Å²) in [4.78, 5) is 49.1. The van der Waals surface area contributed by atoms with Crippen LogP contribution in [0.25, 0.3) is 0 Å². The number of allylic oxidation sites excluding steroid dienone is 2. The van der Waals surface area contributed by atoms with Crippen molar-refractivity contribution in [1.82, 2.24) is 10.2 Å². The topological polar surface area (TPSA) is 92.8 Å². The number of ether oxygens (including phenoxy) is 1. The van der Waals surface area contributed by atoms with Gasteiger partial charge in [-0.2, -0.15) is 0 Å². The molecular weight excluding hydrogens is 336 g/mol. The summed E-state index contributed by atoms with van der Waals surface area (Å²) in [5.41, 5.74) is 0.927. The van der Waals surface area contributed by atoms with E-state index < -0.39 is 25.0 Å². The maximum atomic E-state index is 12.3. The van der Waals surface area contributed by atoms with E-state index in [1.165, 1.54) is 0 Å². The number of imide groups is 1. The Bertz CT molecular complexity index is 718. The lowest BCUT2D eigenvalue weighted by atomic mass is 9.85. The Morgan fingerprint density at radius 3 is 2.27 bits per heavy atom. The molecule has 1 aromatic carbocycles. The summed E-state index contributed by atoms with van der Waals surface area (Å²) >= 11 is 0. The van der Waals surface area contributed by atoms with Gasteiger partial charge in [0, 0.05) is 6.54 Å². The summed E-state index contributed by atoms with van der Waals surface area (Å²) in [7, 11) is 0. The van der Waals surface area contributed by atoms with E-state index in [4.69, 9.17) is 4.74 Å². The number of hydrogen-bond donors (Lipinski definition) is 1. The Balaban J connectivity index is 1.43. The third-order valence-corrected chi connectivity index (χ3v) is 4.58. The van der Waals surface area contributed by atoms with Gasteiger partial charge in [0.15, 0.2) is 6.61 Å². The number of carbonyl (C=O) groups is 4. The normalized spacial score (nSPS) is 21.5. The van der Waals surface area contributed by atoms with Crippen molar-refractivity contribution in [3.63, 3.8) is 0 Å². The molecule has 3 amide bonds. The predicted molar refractivity (Wildman–Crippen MR) is 91.3 cm³/mol. The Kier molecular flexibility index (Phi) is 5.46. The second kappa shape index (κ2) is 7.95. The van der Waals surface area contributed by atoms with Crippen LogP contribution in [0.3, 0.4) is 0 Å². The molecule has 3 rings (SSSR count).